The zero-order chi connectivity index (χ0) is 15.0. The maximum atomic E-state index is 3.95. The molecule has 1 aliphatic rings. The van der Waals surface area contributed by atoms with Gasteiger partial charge in [0.2, 0.25) is 0 Å². The van der Waals surface area contributed by atoms with Crippen LogP contribution in [0.1, 0.15) is 38.3 Å². The van der Waals surface area contributed by atoms with E-state index in [-0.39, 0.29) is 5.41 Å². The quantitative estimate of drug-likeness (QED) is 0.607. The lowest BCUT2D eigenvalue weighted by Crippen LogP contribution is -2.21. The first-order valence-corrected chi connectivity index (χ1v) is 7.87. The molecule has 0 radical (unpaired) electrons. The molecule has 3 rings (SSSR count). The van der Waals surface area contributed by atoms with Crippen molar-refractivity contribution in [3.8, 4) is 0 Å². The SMILES string of the molecule is C=CCC1=CC(C)Cc2ccc3ccccc3c2C1(C)C. The molecular weight excluding hydrogens is 252 g/mol. The van der Waals surface area contributed by atoms with Gasteiger partial charge < -0.3 is 0 Å². The van der Waals surface area contributed by atoms with Gasteiger partial charge in [-0.25, -0.2) is 0 Å². The Hall–Kier alpha value is -1.82. The summed E-state index contributed by atoms with van der Waals surface area (Å²) in [5, 5.41) is 2.75. The highest BCUT2D eigenvalue weighted by atomic mass is 14.4. The monoisotopic (exact) mass is 276 g/mol. The van der Waals surface area contributed by atoms with E-state index >= 15 is 0 Å². The van der Waals surface area contributed by atoms with E-state index in [9.17, 15) is 0 Å². The van der Waals surface area contributed by atoms with E-state index in [1.54, 1.807) is 0 Å². The molecule has 1 unspecified atom stereocenters. The first-order valence-electron chi connectivity index (χ1n) is 7.87. The summed E-state index contributed by atoms with van der Waals surface area (Å²) in [5.41, 5.74) is 4.58. The number of benzene rings is 2. The number of rotatable bonds is 2. The molecule has 0 N–H and O–H groups in total. The summed E-state index contributed by atoms with van der Waals surface area (Å²) in [6, 6.07) is 13.4. The summed E-state index contributed by atoms with van der Waals surface area (Å²) in [6.45, 7) is 11.0. The third kappa shape index (κ3) is 2.33. The second kappa shape index (κ2) is 5.18. The second-order valence-electron chi connectivity index (χ2n) is 6.81. The van der Waals surface area contributed by atoms with E-state index in [2.05, 4.69) is 69.8 Å². The van der Waals surface area contributed by atoms with Crippen LogP contribution < -0.4 is 0 Å². The van der Waals surface area contributed by atoms with Crippen molar-refractivity contribution in [2.24, 2.45) is 5.92 Å². The Labute approximate surface area is 128 Å². The van der Waals surface area contributed by atoms with Crippen molar-refractivity contribution in [3.05, 3.63) is 71.8 Å². The predicted octanol–water partition coefficient (Wildman–Crippen LogP) is 5.81. The van der Waals surface area contributed by atoms with Crippen LogP contribution in [0.5, 0.6) is 0 Å². The third-order valence-corrected chi connectivity index (χ3v) is 4.83. The van der Waals surface area contributed by atoms with Crippen LogP contribution in [0.4, 0.5) is 0 Å². The number of fused-ring (bicyclic) bond motifs is 3. The van der Waals surface area contributed by atoms with Crippen molar-refractivity contribution in [1.82, 2.24) is 0 Å². The summed E-state index contributed by atoms with van der Waals surface area (Å²) in [4.78, 5) is 0. The van der Waals surface area contributed by atoms with Gasteiger partial charge in [-0.3, -0.25) is 0 Å². The van der Waals surface area contributed by atoms with Crippen LogP contribution in [-0.2, 0) is 11.8 Å². The van der Waals surface area contributed by atoms with E-state index < -0.39 is 0 Å². The van der Waals surface area contributed by atoms with Crippen molar-refractivity contribution in [2.45, 2.75) is 39.0 Å². The molecule has 0 heterocycles. The van der Waals surface area contributed by atoms with E-state index in [1.165, 1.54) is 27.5 Å². The Morgan fingerprint density at radius 2 is 1.95 bits per heavy atom. The Bertz CT molecular complexity index is 716. The minimum Gasteiger partial charge on any atom is -0.103 e. The molecule has 2 aromatic carbocycles. The molecule has 0 spiro atoms. The summed E-state index contributed by atoms with van der Waals surface area (Å²) in [7, 11) is 0. The van der Waals surface area contributed by atoms with Crippen LogP contribution in [0.25, 0.3) is 10.8 Å². The maximum Gasteiger partial charge on any atom is 0.0117 e. The molecule has 0 saturated carbocycles. The van der Waals surface area contributed by atoms with E-state index in [0.717, 1.165) is 12.8 Å². The lowest BCUT2D eigenvalue weighted by Gasteiger charge is -2.30. The molecule has 0 saturated heterocycles. The first-order chi connectivity index (χ1) is 10.0. The summed E-state index contributed by atoms with van der Waals surface area (Å²) >= 11 is 0. The predicted molar refractivity (Wildman–Crippen MR) is 92.7 cm³/mol. The van der Waals surface area contributed by atoms with Crippen LogP contribution >= 0.6 is 0 Å². The van der Waals surface area contributed by atoms with Crippen LogP contribution in [0.3, 0.4) is 0 Å². The highest BCUT2D eigenvalue weighted by Gasteiger charge is 2.31. The fraction of sp³-hybridized carbons (Fsp3) is 0.333. The molecular formula is C21H24. The number of hydrogen-bond acceptors (Lipinski definition) is 0. The molecule has 0 bridgehead atoms. The highest BCUT2D eigenvalue weighted by Crippen LogP contribution is 2.43. The summed E-state index contributed by atoms with van der Waals surface area (Å²) < 4.78 is 0. The van der Waals surface area contributed by atoms with Gasteiger partial charge in [0, 0.05) is 5.41 Å². The zero-order valence-electron chi connectivity index (χ0n) is 13.3. The zero-order valence-corrected chi connectivity index (χ0v) is 13.3. The van der Waals surface area contributed by atoms with Crippen LogP contribution in [-0.4, -0.2) is 0 Å². The molecule has 1 atom stereocenters. The van der Waals surface area contributed by atoms with Crippen molar-refractivity contribution in [1.29, 1.82) is 0 Å². The van der Waals surface area contributed by atoms with Gasteiger partial charge in [-0.1, -0.05) is 74.9 Å². The van der Waals surface area contributed by atoms with Gasteiger partial charge in [0.1, 0.15) is 0 Å². The standard InChI is InChI=1S/C21H24/c1-5-8-18-14-15(2)13-17-12-11-16-9-6-7-10-19(16)20(17)21(18,3)4/h5-7,9-12,14-15H,1,8,13H2,2-4H3. The summed E-state index contributed by atoms with van der Waals surface area (Å²) in [6.07, 6.45) is 6.61. The molecule has 0 aliphatic heterocycles. The summed E-state index contributed by atoms with van der Waals surface area (Å²) in [5.74, 6) is 0.585. The number of hydrogen-bond donors (Lipinski definition) is 0. The van der Waals surface area contributed by atoms with Gasteiger partial charge in [-0.05, 0) is 40.7 Å². The van der Waals surface area contributed by atoms with E-state index in [1.807, 2.05) is 6.08 Å². The van der Waals surface area contributed by atoms with Gasteiger partial charge in [0.25, 0.3) is 0 Å². The maximum absolute atomic E-state index is 3.95. The molecule has 0 heteroatoms. The van der Waals surface area contributed by atoms with Crippen LogP contribution in [0, 0.1) is 5.92 Å². The normalized spacial score (nSPS) is 20.5. The van der Waals surface area contributed by atoms with Gasteiger partial charge in [-0.2, -0.15) is 0 Å². The Morgan fingerprint density at radius 3 is 2.71 bits per heavy atom. The van der Waals surface area contributed by atoms with Gasteiger partial charge in [-0.15, -0.1) is 6.58 Å². The molecule has 0 nitrogen and oxygen atoms in total. The highest BCUT2D eigenvalue weighted by molar-refractivity contribution is 5.88. The Morgan fingerprint density at radius 1 is 1.19 bits per heavy atom. The molecule has 2 aromatic rings. The minimum absolute atomic E-state index is 0.0646. The minimum atomic E-state index is 0.0646. The average molecular weight is 276 g/mol. The topological polar surface area (TPSA) is 0 Å². The fourth-order valence-electron chi connectivity index (χ4n) is 3.82. The van der Waals surface area contributed by atoms with Crippen LogP contribution in [0.15, 0.2) is 60.7 Å². The number of allylic oxidation sites excluding steroid dienone is 3. The molecule has 1 aliphatic carbocycles. The second-order valence-corrected chi connectivity index (χ2v) is 6.81. The first kappa shape index (κ1) is 14.1. The van der Waals surface area contributed by atoms with Crippen molar-refractivity contribution >= 4 is 10.8 Å². The molecule has 0 aromatic heterocycles. The largest absolute Gasteiger partial charge is 0.103 e. The lowest BCUT2D eigenvalue weighted by molar-refractivity contribution is 0.612. The Balaban J connectivity index is 2.33. The van der Waals surface area contributed by atoms with Gasteiger partial charge in [0.05, 0.1) is 0 Å². The van der Waals surface area contributed by atoms with Crippen molar-refractivity contribution in [2.75, 3.05) is 0 Å². The lowest BCUT2D eigenvalue weighted by atomic mass is 9.73. The molecule has 0 amide bonds. The van der Waals surface area contributed by atoms with E-state index in [4.69, 9.17) is 0 Å². The smallest absolute Gasteiger partial charge is 0.0117 e. The van der Waals surface area contributed by atoms with Crippen molar-refractivity contribution in [3.63, 3.8) is 0 Å². The average Bonchev–Trinajstić information content (AvgIpc) is 2.54. The van der Waals surface area contributed by atoms with Gasteiger partial charge >= 0.3 is 0 Å². The molecule has 108 valence electrons. The molecule has 0 fully saturated rings. The fourth-order valence-corrected chi connectivity index (χ4v) is 3.82. The van der Waals surface area contributed by atoms with Gasteiger partial charge in [0.15, 0.2) is 0 Å². The van der Waals surface area contributed by atoms with Crippen molar-refractivity contribution < 1.29 is 0 Å². The van der Waals surface area contributed by atoms with Crippen LogP contribution in [0.2, 0.25) is 0 Å². The third-order valence-electron chi connectivity index (χ3n) is 4.83. The molecule has 21 heavy (non-hydrogen) atoms. The van der Waals surface area contributed by atoms with E-state index in [0.29, 0.717) is 5.92 Å². The Kier molecular flexibility index (Phi) is 3.49.